The standard InChI is InChI=1S/C17H27NO/c1-13(12-14-4-6-16(19)7-5-14)18-15-8-10-17(2,3)11-9-15/h4-7,13,15,18-19H,8-12H2,1-3H3. The molecule has 1 atom stereocenters. The molecule has 0 bridgehead atoms. The van der Waals surface area contributed by atoms with Gasteiger partial charge in [-0.15, -0.1) is 0 Å². The van der Waals surface area contributed by atoms with E-state index in [1.807, 2.05) is 12.1 Å². The summed E-state index contributed by atoms with van der Waals surface area (Å²) in [5, 5.41) is 13.0. The number of benzene rings is 1. The zero-order valence-electron chi connectivity index (χ0n) is 12.4. The van der Waals surface area contributed by atoms with Crippen molar-refractivity contribution in [3.05, 3.63) is 29.8 Å². The molecule has 1 fully saturated rings. The van der Waals surface area contributed by atoms with Gasteiger partial charge in [0.25, 0.3) is 0 Å². The maximum atomic E-state index is 9.29. The van der Waals surface area contributed by atoms with Crippen LogP contribution < -0.4 is 5.32 Å². The third-order valence-corrected chi connectivity index (χ3v) is 4.34. The number of hydrogen-bond acceptors (Lipinski definition) is 2. The van der Waals surface area contributed by atoms with E-state index in [2.05, 4.69) is 26.1 Å². The van der Waals surface area contributed by atoms with Gasteiger partial charge in [0.2, 0.25) is 0 Å². The molecule has 1 aliphatic carbocycles. The number of hydrogen-bond donors (Lipinski definition) is 2. The number of phenolic OH excluding ortho intramolecular Hbond substituents is 1. The molecule has 1 aromatic carbocycles. The first kappa shape index (κ1) is 14.4. The van der Waals surface area contributed by atoms with Crippen molar-refractivity contribution in [2.24, 2.45) is 5.41 Å². The summed E-state index contributed by atoms with van der Waals surface area (Å²) in [5.74, 6) is 0.346. The molecular formula is C17H27NO. The molecule has 0 amide bonds. The predicted molar refractivity (Wildman–Crippen MR) is 80.4 cm³/mol. The molecule has 1 aromatic rings. The molecule has 0 spiro atoms. The molecule has 0 aromatic heterocycles. The highest BCUT2D eigenvalue weighted by atomic mass is 16.3. The summed E-state index contributed by atoms with van der Waals surface area (Å²) in [7, 11) is 0. The van der Waals surface area contributed by atoms with Gasteiger partial charge >= 0.3 is 0 Å². The van der Waals surface area contributed by atoms with Crippen LogP contribution in [0.1, 0.15) is 52.0 Å². The maximum absolute atomic E-state index is 9.29. The molecule has 19 heavy (non-hydrogen) atoms. The summed E-state index contributed by atoms with van der Waals surface area (Å²) in [6.45, 7) is 7.01. The van der Waals surface area contributed by atoms with E-state index in [9.17, 15) is 5.11 Å². The van der Waals surface area contributed by atoms with Gasteiger partial charge in [-0.2, -0.15) is 0 Å². The van der Waals surface area contributed by atoms with Crippen molar-refractivity contribution >= 4 is 0 Å². The average molecular weight is 261 g/mol. The first-order valence-electron chi connectivity index (χ1n) is 7.49. The Balaban J connectivity index is 1.78. The number of rotatable bonds is 4. The van der Waals surface area contributed by atoms with Crippen molar-refractivity contribution in [2.75, 3.05) is 0 Å². The van der Waals surface area contributed by atoms with Crippen LogP contribution >= 0.6 is 0 Å². The summed E-state index contributed by atoms with van der Waals surface area (Å²) in [5.41, 5.74) is 1.83. The van der Waals surface area contributed by atoms with Crippen LogP contribution in [0, 0.1) is 5.41 Å². The lowest BCUT2D eigenvalue weighted by Gasteiger charge is -2.36. The third kappa shape index (κ3) is 4.54. The highest BCUT2D eigenvalue weighted by molar-refractivity contribution is 5.26. The summed E-state index contributed by atoms with van der Waals surface area (Å²) in [6, 6.07) is 8.74. The largest absolute Gasteiger partial charge is 0.508 e. The van der Waals surface area contributed by atoms with Gasteiger partial charge in [-0.3, -0.25) is 0 Å². The summed E-state index contributed by atoms with van der Waals surface area (Å²) in [6.07, 6.45) is 6.28. The van der Waals surface area contributed by atoms with Gasteiger partial charge in [0, 0.05) is 12.1 Å². The lowest BCUT2D eigenvalue weighted by molar-refractivity contribution is 0.199. The minimum absolute atomic E-state index is 0.346. The van der Waals surface area contributed by atoms with Crippen LogP contribution in [-0.2, 0) is 6.42 Å². The molecule has 1 unspecified atom stereocenters. The highest BCUT2D eigenvalue weighted by Crippen LogP contribution is 2.35. The second kappa shape index (κ2) is 5.96. The SMILES string of the molecule is CC(Cc1ccc(O)cc1)NC1CCC(C)(C)CC1. The Kier molecular flexibility index (Phi) is 4.51. The second-order valence-electron chi connectivity index (χ2n) is 6.88. The zero-order valence-corrected chi connectivity index (χ0v) is 12.4. The summed E-state index contributed by atoms with van der Waals surface area (Å²) < 4.78 is 0. The van der Waals surface area contributed by atoms with Gasteiger partial charge in [0.15, 0.2) is 0 Å². The van der Waals surface area contributed by atoms with E-state index >= 15 is 0 Å². The second-order valence-corrected chi connectivity index (χ2v) is 6.88. The monoisotopic (exact) mass is 261 g/mol. The van der Waals surface area contributed by atoms with Crippen LogP contribution in [0.2, 0.25) is 0 Å². The molecule has 1 saturated carbocycles. The Morgan fingerprint density at radius 3 is 2.37 bits per heavy atom. The molecular weight excluding hydrogens is 234 g/mol. The minimum atomic E-state index is 0.346. The fourth-order valence-corrected chi connectivity index (χ4v) is 3.01. The van der Waals surface area contributed by atoms with E-state index < -0.39 is 0 Å². The third-order valence-electron chi connectivity index (χ3n) is 4.34. The van der Waals surface area contributed by atoms with E-state index in [0.29, 0.717) is 23.2 Å². The van der Waals surface area contributed by atoms with Gasteiger partial charge in [-0.25, -0.2) is 0 Å². The molecule has 1 aliphatic rings. The van der Waals surface area contributed by atoms with Gasteiger partial charge in [0.1, 0.15) is 5.75 Å². The molecule has 0 saturated heterocycles. The highest BCUT2D eigenvalue weighted by Gasteiger charge is 2.27. The maximum Gasteiger partial charge on any atom is 0.115 e. The van der Waals surface area contributed by atoms with Crippen LogP contribution in [0.15, 0.2) is 24.3 Å². The van der Waals surface area contributed by atoms with Crippen molar-refractivity contribution in [1.82, 2.24) is 5.32 Å². The summed E-state index contributed by atoms with van der Waals surface area (Å²) in [4.78, 5) is 0. The number of phenols is 1. The van der Waals surface area contributed by atoms with Crippen molar-refractivity contribution in [3.8, 4) is 5.75 Å². The topological polar surface area (TPSA) is 32.3 Å². The van der Waals surface area contributed by atoms with E-state index in [4.69, 9.17) is 0 Å². The van der Waals surface area contributed by atoms with Crippen LogP contribution in [0.5, 0.6) is 5.75 Å². The van der Waals surface area contributed by atoms with E-state index in [-0.39, 0.29) is 0 Å². The van der Waals surface area contributed by atoms with Crippen LogP contribution in [-0.4, -0.2) is 17.2 Å². The molecule has 106 valence electrons. The Bertz CT molecular complexity index is 386. The fraction of sp³-hybridized carbons (Fsp3) is 0.647. The lowest BCUT2D eigenvalue weighted by Crippen LogP contribution is -2.41. The van der Waals surface area contributed by atoms with Crippen molar-refractivity contribution in [2.45, 2.75) is 65.0 Å². The predicted octanol–water partition coefficient (Wildman–Crippen LogP) is 3.88. The Hall–Kier alpha value is -1.02. The lowest BCUT2D eigenvalue weighted by atomic mass is 9.75. The van der Waals surface area contributed by atoms with E-state index in [0.717, 1.165) is 6.42 Å². The van der Waals surface area contributed by atoms with Gasteiger partial charge in [-0.1, -0.05) is 26.0 Å². The summed E-state index contributed by atoms with van der Waals surface area (Å²) >= 11 is 0. The molecule has 0 aliphatic heterocycles. The van der Waals surface area contributed by atoms with Crippen molar-refractivity contribution in [1.29, 1.82) is 0 Å². The zero-order chi connectivity index (χ0) is 13.9. The normalized spacial score (nSPS) is 21.2. The Morgan fingerprint density at radius 2 is 1.79 bits per heavy atom. The first-order chi connectivity index (χ1) is 8.94. The van der Waals surface area contributed by atoms with Crippen molar-refractivity contribution in [3.63, 3.8) is 0 Å². The molecule has 2 rings (SSSR count). The Labute approximate surface area is 117 Å². The minimum Gasteiger partial charge on any atom is -0.508 e. The fourth-order valence-electron chi connectivity index (χ4n) is 3.01. The van der Waals surface area contributed by atoms with Gasteiger partial charge in [-0.05, 0) is 62.1 Å². The molecule has 0 heterocycles. The van der Waals surface area contributed by atoms with E-state index in [1.165, 1.54) is 31.2 Å². The quantitative estimate of drug-likeness (QED) is 0.862. The van der Waals surface area contributed by atoms with Crippen molar-refractivity contribution < 1.29 is 5.11 Å². The number of aromatic hydroxyl groups is 1. The van der Waals surface area contributed by atoms with E-state index in [1.54, 1.807) is 12.1 Å². The molecule has 0 radical (unpaired) electrons. The van der Waals surface area contributed by atoms with Gasteiger partial charge in [0.05, 0.1) is 0 Å². The smallest absolute Gasteiger partial charge is 0.115 e. The first-order valence-corrected chi connectivity index (χ1v) is 7.49. The van der Waals surface area contributed by atoms with Crippen LogP contribution in [0.4, 0.5) is 0 Å². The molecule has 2 N–H and O–H groups in total. The Morgan fingerprint density at radius 1 is 1.21 bits per heavy atom. The van der Waals surface area contributed by atoms with Gasteiger partial charge < -0.3 is 10.4 Å². The molecule has 2 nitrogen and oxygen atoms in total. The molecule has 2 heteroatoms. The van der Waals surface area contributed by atoms with Crippen LogP contribution in [0.3, 0.4) is 0 Å². The average Bonchev–Trinajstić information content (AvgIpc) is 2.35. The number of nitrogens with one attached hydrogen (secondary N) is 1. The van der Waals surface area contributed by atoms with Crippen LogP contribution in [0.25, 0.3) is 0 Å².